The Kier molecular flexibility index (Phi) is 6.05. The fourth-order valence-electron chi connectivity index (χ4n) is 12.5. The van der Waals surface area contributed by atoms with Gasteiger partial charge in [0.25, 0.3) is 0 Å². The minimum atomic E-state index is -1.01. The molecule has 4 nitrogen and oxygen atoms in total. The van der Waals surface area contributed by atoms with Crippen LogP contribution in [0.25, 0.3) is 0 Å². The molecular weight excluding hydrogens is 448 g/mol. The van der Waals surface area contributed by atoms with Gasteiger partial charge in [-0.05, 0) is 123 Å². The minimum absolute atomic E-state index is 0.0375. The van der Waals surface area contributed by atoms with E-state index in [-0.39, 0.29) is 39.1 Å². The summed E-state index contributed by atoms with van der Waals surface area (Å²) in [4.78, 5) is 0. The summed E-state index contributed by atoms with van der Waals surface area (Å²) in [6.45, 7) is 21.3. The molecule has 5 aliphatic carbocycles. The number of rotatable bonds is 3. The Hall–Kier alpha value is -0.160. The van der Waals surface area contributed by atoms with Crippen LogP contribution in [0.1, 0.15) is 120 Å². The number of fused-ring (bicyclic) bond motifs is 7. The van der Waals surface area contributed by atoms with Crippen LogP contribution in [0.4, 0.5) is 0 Å². The lowest BCUT2D eigenvalue weighted by atomic mass is 9.31. The average molecular weight is 505 g/mol. The monoisotopic (exact) mass is 504 g/mol. The van der Waals surface area contributed by atoms with Crippen LogP contribution in [0, 0.1) is 50.7 Å². The maximum atomic E-state index is 12.2. The third-order valence-corrected chi connectivity index (χ3v) is 14.5. The zero-order chi connectivity index (χ0) is 26.7. The zero-order valence-corrected chi connectivity index (χ0v) is 24.8. The zero-order valence-electron chi connectivity index (χ0n) is 24.8. The van der Waals surface area contributed by atoms with Gasteiger partial charge in [-0.2, -0.15) is 0 Å². The number of ether oxygens (including phenoxy) is 1. The van der Waals surface area contributed by atoms with Crippen LogP contribution in [0.3, 0.4) is 0 Å². The summed E-state index contributed by atoms with van der Waals surface area (Å²) in [5.41, 5.74) is -1.39. The molecule has 208 valence electrons. The van der Waals surface area contributed by atoms with Gasteiger partial charge in [0.1, 0.15) is 0 Å². The molecule has 0 heterocycles. The van der Waals surface area contributed by atoms with Crippen molar-refractivity contribution in [2.24, 2.45) is 50.7 Å². The maximum Gasteiger partial charge on any atom is 0.0988 e. The molecule has 5 saturated carbocycles. The first-order chi connectivity index (χ1) is 16.5. The highest BCUT2D eigenvalue weighted by molar-refractivity contribution is 5.24. The Morgan fingerprint density at radius 3 is 1.97 bits per heavy atom. The lowest BCUT2D eigenvalue weighted by molar-refractivity contribution is -0.284. The number of aliphatic hydroxyl groups is 3. The first-order valence-electron chi connectivity index (χ1n) is 15.2. The predicted molar refractivity (Wildman–Crippen MR) is 144 cm³/mol. The molecule has 5 rings (SSSR count). The molecule has 0 spiro atoms. The van der Waals surface area contributed by atoms with Crippen LogP contribution in [0.2, 0.25) is 0 Å². The van der Waals surface area contributed by atoms with Crippen molar-refractivity contribution >= 4 is 0 Å². The van der Waals surface area contributed by atoms with Crippen molar-refractivity contribution in [2.45, 2.75) is 144 Å². The van der Waals surface area contributed by atoms with Gasteiger partial charge in [0.15, 0.2) is 0 Å². The Morgan fingerprint density at radius 2 is 1.36 bits per heavy atom. The third kappa shape index (κ3) is 3.08. The van der Waals surface area contributed by atoms with Crippen molar-refractivity contribution in [3.8, 4) is 0 Å². The van der Waals surface area contributed by atoms with Gasteiger partial charge in [-0.15, -0.1) is 0 Å². The predicted octanol–water partition coefficient (Wildman–Crippen LogP) is 6.35. The molecule has 0 aromatic rings. The average Bonchev–Trinajstić information content (AvgIpc) is 3.05. The summed E-state index contributed by atoms with van der Waals surface area (Å²) in [7, 11) is 0. The smallest absolute Gasteiger partial charge is 0.0988 e. The van der Waals surface area contributed by atoms with E-state index >= 15 is 0 Å². The molecule has 36 heavy (non-hydrogen) atoms. The SMILES string of the molecule is CCOC(C)(C)[C@]1(O)CC[C@@]2(C)[C@H]1[C@@H](O)C[C@]1(C)[C@@H]2CC[C@@H]2[C@@]3(C)CC[C@H](O)C(C)(C)[C@@H]3CC[C@]21C. The molecule has 0 amide bonds. The van der Waals surface area contributed by atoms with Crippen molar-refractivity contribution in [3.05, 3.63) is 0 Å². The second kappa shape index (κ2) is 7.95. The van der Waals surface area contributed by atoms with E-state index in [1.54, 1.807) is 0 Å². The maximum absolute atomic E-state index is 12.2. The lowest BCUT2D eigenvalue weighted by Crippen LogP contribution is -2.70. The molecule has 0 aromatic carbocycles. The van der Waals surface area contributed by atoms with Crippen molar-refractivity contribution in [3.63, 3.8) is 0 Å². The molecule has 0 saturated heterocycles. The van der Waals surface area contributed by atoms with E-state index in [1.807, 2.05) is 20.8 Å². The highest BCUT2D eigenvalue weighted by atomic mass is 16.5. The molecule has 4 heteroatoms. The Balaban J connectivity index is 1.54. The molecule has 0 unspecified atom stereocenters. The van der Waals surface area contributed by atoms with Crippen LogP contribution in [-0.2, 0) is 4.74 Å². The molecule has 0 aromatic heterocycles. The Bertz CT molecular complexity index is 883. The van der Waals surface area contributed by atoms with Crippen LogP contribution < -0.4 is 0 Å². The fraction of sp³-hybridized carbons (Fsp3) is 1.00. The molecular formula is C32H56O4. The first-order valence-corrected chi connectivity index (χ1v) is 15.2. The Morgan fingerprint density at radius 1 is 0.750 bits per heavy atom. The quantitative estimate of drug-likeness (QED) is 0.419. The summed E-state index contributed by atoms with van der Waals surface area (Å²) >= 11 is 0. The molecule has 11 atom stereocenters. The molecule has 0 bridgehead atoms. The van der Waals surface area contributed by atoms with Crippen LogP contribution in [0.5, 0.6) is 0 Å². The summed E-state index contributed by atoms with van der Waals surface area (Å²) in [6.07, 6.45) is 8.54. The van der Waals surface area contributed by atoms with Gasteiger partial charge in [0, 0.05) is 12.5 Å². The van der Waals surface area contributed by atoms with E-state index in [1.165, 1.54) is 25.7 Å². The molecule has 0 radical (unpaired) electrons. The first kappa shape index (κ1) is 27.4. The van der Waals surface area contributed by atoms with Gasteiger partial charge < -0.3 is 20.1 Å². The molecule has 3 N–H and O–H groups in total. The second-order valence-corrected chi connectivity index (χ2v) is 16.1. The standard InChI is InChI=1S/C32H56O4/c1-10-36-27(4,5)32(35)18-17-29(7)23-12-11-22-28(6)15-14-24(34)26(2,3)21(28)13-16-30(22,8)31(23,9)19-20(33)25(29)32/h20-25,33-35H,10-19H2,1-9H3/t20-,21-,22+,23+,24-,25+,28-,29+,30+,31+,32-/m0/s1. The highest BCUT2D eigenvalue weighted by Crippen LogP contribution is 2.78. The number of hydrogen-bond acceptors (Lipinski definition) is 4. The highest BCUT2D eigenvalue weighted by Gasteiger charge is 2.75. The summed E-state index contributed by atoms with van der Waals surface area (Å²) < 4.78 is 6.14. The van der Waals surface area contributed by atoms with E-state index in [0.717, 1.165) is 25.7 Å². The Labute approximate surface area is 221 Å². The van der Waals surface area contributed by atoms with Gasteiger partial charge in [-0.25, -0.2) is 0 Å². The van der Waals surface area contributed by atoms with Crippen LogP contribution in [0.15, 0.2) is 0 Å². The topological polar surface area (TPSA) is 69.9 Å². The van der Waals surface area contributed by atoms with Crippen molar-refractivity contribution in [2.75, 3.05) is 6.61 Å². The third-order valence-electron chi connectivity index (χ3n) is 14.5. The second-order valence-electron chi connectivity index (χ2n) is 16.1. The normalized spacial score (nSPS) is 56.3. The van der Waals surface area contributed by atoms with E-state index in [4.69, 9.17) is 4.74 Å². The van der Waals surface area contributed by atoms with E-state index in [0.29, 0.717) is 30.8 Å². The summed E-state index contributed by atoms with van der Waals surface area (Å²) in [5.74, 6) is 1.51. The fourth-order valence-corrected chi connectivity index (χ4v) is 12.5. The summed E-state index contributed by atoms with van der Waals surface area (Å²) in [5, 5.41) is 35.2. The molecule has 5 aliphatic rings. The number of aliphatic hydroxyl groups excluding tert-OH is 2. The van der Waals surface area contributed by atoms with Gasteiger partial charge in [0.05, 0.1) is 23.4 Å². The van der Waals surface area contributed by atoms with Crippen LogP contribution in [-0.4, -0.2) is 45.3 Å². The minimum Gasteiger partial charge on any atom is -0.393 e. The van der Waals surface area contributed by atoms with Crippen molar-refractivity contribution in [1.29, 1.82) is 0 Å². The van der Waals surface area contributed by atoms with Crippen molar-refractivity contribution < 1.29 is 20.1 Å². The lowest BCUT2D eigenvalue weighted by Gasteiger charge is -2.74. The number of hydrogen-bond donors (Lipinski definition) is 3. The van der Waals surface area contributed by atoms with Gasteiger partial charge in [-0.1, -0.05) is 41.5 Å². The molecule has 5 fully saturated rings. The van der Waals surface area contributed by atoms with Crippen LogP contribution >= 0.6 is 0 Å². The molecule has 0 aliphatic heterocycles. The van der Waals surface area contributed by atoms with E-state index in [9.17, 15) is 15.3 Å². The van der Waals surface area contributed by atoms with Gasteiger partial charge in [0.2, 0.25) is 0 Å². The van der Waals surface area contributed by atoms with Gasteiger partial charge >= 0.3 is 0 Å². The van der Waals surface area contributed by atoms with E-state index < -0.39 is 17.3 Å². The summed E-state index contributed by atoms with van der Waals surface area (Å²) in [6, 6.07) is 0. The van der Waals surface area contributed by atoms with Gasteiger partial charge in [-0.3, -0.25) is 0 Å². The van der Waals surface area contributed by atoms with E-state index in [2.05, 4.69) is 41.5 Å². The van der Waals surface area contributed by atoms with Crippen molar-refractivity contribution in [1.82, 2.24) is 0 Å². The largest absolute Gasteiger partial charge is 0.393 e.